The molecule has 2 aromatic rings. The number of para-hydroxylation sites is 1. The van der Waals surface area contributed by atoms with Gasteiger partial charge in [-0.25, -0.2) is 4.39 Å². The summed E-state index contributed by atoms with van der Waals surface area (Å²) in [5.74, 6) is -1.39. The lowest BCUT2D eigenvalue weighted by Crippen LogP contribution is -2.13. The normalized spacial score (nSPS) is 10.1. The first-order valence-electron chi connectivity index (χ1n) is 5.12. The van der Waals surface area contributed by atoms with E-state index in [1.54, 1.807) is 6.07 Å². The fraction of sp³-hybridized carbons (Fsp3) is 0. The van der Waals surface area contributed by atoms with Crippen molar-refractivity contribution in [2.45, 2.75) is 0 Å². The molecule has 0 fully saturated rings. The van der Waals surface area contributed by atoms with Crippen LogP contribution in [-0.4, -0.2) is 11.0 Å². The minimum atomic E-state index is -0.625. The Morgan fingerprint density at radius 3 is 2.67 bits per heavy atom. The molecule has 0 saturated carbocycles. The van der Waals surface area contributed by atoms with Crippen LogP contribution in [0.15, 0.2) is 42.5 Å². The second-order valence-corrected chi connectivity index (χ2v) is 4.03. The number of anilines is 1. The average molecular weight is 266 g/mol. The summed E-state index contributed by atoms with van der Waals surface area (Å²) in [6.07, 6.45) is 0. The van der Waals surface area contributed by atoms with Gasteiger partial charge in [0.2, 0.25) is 0 Å². The molecule has 0 unspecified atom stereocenters. The van der Waals surface area contributed by atoms with Crippen molar-refractivity contribution >= 4 is 23.2 Å². The molecule has 0 bridgehead atoms. The van der Waals surface area contributed by atoms with Crippen LogP contribution in [0.3, 0.4) is 0 Å². The van der Waals surface area contributed by atoms with E-state index >= 15 is 0 Å². The molecule has 0 radical (unpaired) electrons. The van der Waals surface area contributed by atoms with Crippen LogP contribution >= 0.6 is 11.6 Å². The molecule has 0 aliphatic carbocycles. The molecular weight excluding hydrogens is 257 g/mol. The van der Waals surface area contributed by atoms with Crippen LogP contribution in [0.1, 0.15) is 10.4 Å². The highest BCUT2D eigenvalue weighted by Crippen LogP contribution is 2.23. The topological polar surface area (TPSA) is 49.3 Å². The minimum Gasteiger partial charge on any atom is -0.507 e. The quantitative estimate of drug-likeness (QED) is 0.874. The van der Waals surface area contributed by atoms with E-state index in [9.17, 15) is 14.3 Å². The lowest BCUT2D eigenvalue weighted by atomic mass is 10.2. The van der Waals surface area contributed by atoms with E-state index in [1.165, 1.54) is 36.4 Å². The molecule has 2 rings (SSSR count). The third-order valence-electron chi connectivity index (χ3n) is 2.33. The first-order chi connectivity index (χ1) is 8.58. The highest BCUT2D eigenvalue weighted by Gasteiger charge is 2.13. The minimum absolute atomic E-state index is 0.00856. The first-order valence-corrected chi connectivity index (χ1v) is 5.50. The summed E-state index contributed by atoms with van der Waals surface area (Å²) in [5.41, 5.74) is 0.0348. The van der Waals surface area contributed by atoms with Gasteiger partial charge in [-0.2, -0.15) is 0 Å². The maximum Gasteiger partial charge on any atom is 0.259 e. The molecule has 2 aromatic carbocycles. The summed E-state index contributed by atoms with van der Waals surface area (Å²) in [4.78, 5) is 11.8. The first kappa shape index (κ1) is 12.4. The van der Waals surface area contributed by atoms with E-state index < -0.39 is 11.7 Å². The highest BCUT2D eigenvalue weighted by molar-refractivity contribution is 6.31. The maximum atomic E-state index is 13.3. The second kappa shape index (κ2) is 5.06. The molecule has 0 spiro atoms. The predicted molar refractivity (Wildman–Crippen MR) is 67.5 cm³/mol. The van der Waals surface area contributed by atoms with E-state index in [0.717, 1.165) is 0 Å². The number of phenolic OH excluding ortho intramolecular Hbond substituents is 1. The molecule has 0 heterocycles. The Morgan fingerprint density at radius 2 is 1.94 bits per heavy atom. The summed E-state index contributed by atoms with van der Waals surface area (Å²) in [6, 6.07) is 9.84. The van der Waals surface area contributed by atoms with Crippen LogP contribution in [-0.2, 0) is 0 Å². The van der Waals surface area contributed by atoms with Gasteiger partial charge in [0.1, 0.15) is 11.6 Å². The van der Waals surface area contributed by atoms with Gasteiger partial charge in [-0.05, 0) is 30.3 Å². The number of hydrogen-bond donors (Lipinski definition) is 2. The Bertz CT molecular complexity index is 601. The third-order valence-corrected chi connectivity index (χ3v) is 2.56. The Kier molecular flexibility index (Phi) is 3.48. The van der Waals surface area contributed by atoms with Gasteiger partial charge < -0.3 is 10.4 Å². The zero-order chi connectivity index (χ0) is 13.1. The van der Waals surface area contributed by atoms with Gasteiger partial charge in [-0.1, -0.05) is 23.7 Å². The van der Waals surface area contributed by atoms with E-state index in [2.05, 4.69) is 5.32 Å². The van der Waals surface area contributed by atoms with Gasteiger partial charge in [-0.3, -0.25) is 4.79 Å². The van der Waals surface area contributed by atoms with E-state index in [4.69, 9.17) is 11.6 Å². The van der Waals surface area contributed by atoms with Crippen molar-refractivity contribution in [3.63, 3.8) is 0 Å². The Hall–Kier alpha value is -2.07. The summed E-state index contributed by atoms with van der Waals surface area (Å²) in [5, 5.41) is 12.2. The van der Waals surface area contributed by atoms with Crippen molar-refractivity contribution in [3.05, 3.63) is 58.9 Å². The van der Waals surface area contributed by atoms with Gasteiger partial charge in [-0.15, -0.1) is 0 Å². The van der Waals surface area contributed by atoms with Crippen molar-refractivity contribution in [1.29, 1.82) is 0 Å². The fourth-order valence-corrected chi connectivity index (χ4v) is 1.61. The van der Waals surface area contributed by atoms with Gasteiger partial charge in [0.25, 0.3) is 5.91 Å². The number of phenols is 1. The van der Waals surface area contributed by atoms with Crippen molar-refractivity contribution in [1.82, 2.24) is 0 Å². The van der Waals surface area contributed by atoms with Crippen LogP contribution in [0.4, 0.5) is 10.1 Å². The lowest BCUT2D eigenvalue weighted by Gasteiger charge is -2.07. The number of hydrogen-bond acceptors (Lipinski definition) is 2. The molecule has 0 aromatic heterocycles. The molecule has 5 heteroatoms. The Labute approximate surface area is 108 Å². The molecule has 2 N–H and O–H groups in total. The van der Waals surface area contributed by atoms with Crippen LogP contribution < -0.4 is 5.32 Å². The van der Waals surface area contributed by atoms with Gasteiger partial charge in [0, 0.05) is 5.02 Å². The van der Waals surface area contributed by atoms with Crippen molar-refractivity contribution in [3.8, 4) is 5.75 Å². The summed E-state index contributed by atoms with van der Waals surface area (Å²) in [6.45, 7) is 0. The van der Waals surface area contributed by atoms with Gasteiger partial charge >= 0.3 is 0 Å². The molecule has 1 amide bonds. The Morgan fingerprint density at radius 1 is 1.22 bits per heavy atom. The number of benzene rings is 2. The molecule has 92 valence electrons. The van der Waals surface area contributed by atoms with Crippen LogP contribution in [0.5, 0.6) is 5.75 Å². The monoisotopic (exact) mass is 265 g/mol. The number of rotatable bonds is 2. The number of amides is 1. The van der Waals surface area contributed by atoms with Crippen molar-refractivity contribution in [2.75, 3.05) is 5.32 Å². The number of aromatic hydroxyl groups is 1. The summed E-state index contributed by atoms with van der Waals surface area (Å²) >= 11 is 5.73. The molecule has 0 saturated heterocycles. The maximum absolute atomic E-state index is 13.3. The number of halogens is 2. The molecule has 18 heavy (non-hydrogen) atoms. The summed E-state index contributed by atoms with van der Waals surface area (Å²) in [7, 11) is 0. The number of nitrogens with one attached hydrogen (secondary N) is 1. The molecule has 0 aliphatic heterocycles. The van der Waals surface area contributed by atoms with Crippen LogP contribution in [0.2, 0.25) is 5.02 Å². The third kappa shape index (κ3) is 2.60. The van der Waals surface area contributed by atoms with Crippen molar-refractivity contribution < 1.29 is 14.3 Å². The van der Waals surface area contributed by atoms with E-state index in [-0.39, 0.29) is 17.0 Å². The molecule has 0 aliphatic rings. The largest absolute Gasteiger partial charge is 0.507 e. The zero-order valence-electron chi connectivity index (χ0n) is 9.15. The van der Waals surface area contributed by atoms with E-state index in [0.29, 0.717) is 5.02 Å². The lowest BCUT2D eigenvalue weighted by molar-refractivity contribution is 0.102. The van der Waals surface area contributed by atoms with Gasteiger partial charge in [0.05, 0.1) is 11.3 Å². The molecule has 3 nitrogen and oxygen atoms in total. The second-order valence-electron chi connectivity index (χ2n) is 3.60. The molecular formula is C13H9ClFNO2. The SMILES string of the molecule is O=C(Nc1ccccc1F)c1cc(Cl)ccc1O. The van der Waals surface area contributed by atoms with Crippen LogP contribution in [0.25, 0.3) is 0 Å². The smallest absolute Gasteiger partial charge is 0.259 e. The van der Waals surface area contributed by atoms with Crippen LogP contribution in [0, 0.1) is 5.82 Å². The number of carbonyl (C=O) groups is 1. The fourth-order valence-electron chi connectivity index (χ4n) is 1.44. The standard InChI is InChI=1S/C13H9ClFNO2/c14-8-5-6-12(17)9(7-8)13(18)16-11-4-2-1-3-10(11)15/h1-7,17H,(H,16,18). The summed E-state index contributed by atoms with van der Waals surface area (Å²) < 4.78 is 13.3. The van der Waals surface area contributed by atoms with Crippen molar-refractivity contribution in [2.24, 2.45) is 0 Å². The zero-order valence-corrected chi connectivity index (χ0v) is 9.91. The average Bonchev–Trinajstić information content (AvgIpc) is 2.35. The Balaban J connectivity index is 2.28. The molecule has 0 atom stereocenters. The number of carbonyl (C=O) groups excluding carboxylic acids is 1. The van der Waals surface area contributed by atoms with Gasteiger partial charge in [0.15, 0.2) is 0 Å². The predicted octanol–water partition coefficient (Wildman–Crippen LogP) is 3.44. The highest BCUT2D eigenvalue weighted by atomic mass is 35.5. The van der Waals surface area contributed by atoms with E-state index in [1.807, 2.05) is 0 Å².